The molecule has 2 aliphatic heterocycles. The number of nitrogens with two attached hydrogens (primary N) is 1. The van der Waals surface area contributed by atoms with Crippen molar-refractivity contribution in [3.63, 3.8) is 0 Å². The minimum absolute atomic E-state index is 0.154. The van der Waals surface area contributed by atoms with Crippen LogP contribution in [0.25, 0.3) is 0 Å². The number of hydrogen-bond donors (Lipinski definition) is 2. The van der Waals surface area contributed by atoms with Crippen LogP contribution in [0.4, 0.5) is 5.69 Å². The van der Waals surface area contributed by atoms with Crippen molar-refractivity contribution < 1.29 is 4.79 Å². The molecule has 1 amide bonds. The van der Waals surface area contributed by atoms with E-state index in [1.54, 1.807) is 0 Å². The molecule has 0 spiro atoms. The average molecular weight is 345 g/mol. The number of carbonyl (C=O) groups is 1. The fraction of sp³-hybridized carbons (Fsp3) is 0.650. The molecule has 2 heterocycles. The third-order valence-electron chi connectivity index (χ3n) is 5.78. The van der Waals surface area contributed by atoms with E-state index < -0.39 is 0 Å². The first kappa shape index (κ1) is 18.2. The molecule has 3 N–H and O–H groups in total. The zero-order valence-corrected chi connectivity index (χ0v) is 15.4. The highest BCUT2D eigenvalue weighted by Gasteiger charge is 2.27. The Morgan fingerprint density at radius 3 is 2.48 bits per heavy atom. The van der Waals surface area contributed by atoms with E-state index in [4.69, 9.17) is 5.73 Å². The first-order valence-corrected chi connectivity index (χ1v) is 9.67. The second kappa shape index (κ2) is 8.68. The molecule has 0 unspecified atom stereocenters. The average Bonchev–Trinajstić information content (AvgIpc) is 2.62. The maximum Gasteiger partial charge on any atom is 0.220 e. The molecule has 138 valence electrons. The lowest BCUT2D eigenvalue weighted by molar-refractivity contribution is -0.122. The van der Waals surface area contributed by atoms with Crippen LogP contribution in [0.5, 0.6) is 0 Å². The normalized spacial score (nSPS) is 21.3. The fourth-order valence-electron chi connectivity index (χ4n) is 4.08. The molecule has 0 aromatic heterocycles. The summed E-state index contributed by atoms with van der Waals surface area (Å²) in [5, 5.41) is 3.22. The number of piperidine rings is 2. The Bertz CT molecular complexity index is 561. The van der Waals surface area contributed by atoms with Crippen LogP contribution >= 0.6 is 0 Å². The van der Waals surface area contributed by atoms with Gasteiger partial charge in [0.2, 0.25) is 5.91 Å². The van der Waals surface area contributed by atoms with Crippen molar-refractivity contribution in [1.82, 2.24) is 15.1 Å². The van der Waals surface area contributed by atoms with E-state index in [-0.39, 0.29) is 5.91 Å². The number of benzene rings is 1. The molecule has 0 atom stereocenters. The van der Waals surface area contributed by atoms with Gasteiger partial charge in [0.25, 0.3) is 0 Å². The van der Waals surface area contributed by atoms with Gasteiger partial charge in [0.15, 0.2) is 0 Å². The molecule has 0 bridgehead atoms. The van der Waals surface area contributed by atoms with Gasteiger partial charge in [-0.2, -0.15) is 0 Å². The Labute approximate surface area is 151 Å². The van der Waals surface area contributed by atoms with Gasteiger partial charge < -0.3 is 20.9 Å². The Hall–Kier alpha value is -1.59. The molecule has 0 aliphatic carbocycles. The van der Waals surface area contributed by atoms with Gasteiger partial charge >= 0.3 is 0 Å². The lowest BCUT2D eigenvalue weighted by Crippen LogP contribution is -2.50. The van der Waals surface area contributed by atoms with Crippen molar-refractivity contribution in [1.29, 1.82) is 0 Å². The first-order valence-electron chi connectivity index (χ1n) is 9.67. The Morgan fingerprint density at radius 1 is 1.12 bits per heavy atom. The lowest BCUT2D eigenvalue weighted by atomic mass is 9.98. The van der Waals surface area contributed by atoms with Crippen molar-refractivity contribution in [2.75, 3.05) is 39.0 Å². The van der Waals surface area contributed by atoms with Crippen LogP contribution in [0.2, 0.25) is 0 Å². The van der Waals surface area contributed by atoms with E-state index in [0.29, 0.717) is 18.9 Å². The number of nitrogens with one attached hydrogen (secondary N) is 1. The number of amides is 1. The maximum absolute atomic E-state index is 12.2. The van der Waals surface area contributed by atoms with E-state index in [0.717, 1.165) is 43.2 Å². The van der Waals surface area contributed by atoms with E-state index in [2.05, 4.69) is 22.2 Å². The molecule has 25 heavy (non-hydrogen) atoms. The summed E-state index contributed by atoms with van der Waals surface area (Å²) in [4.78, 5) is 17.3. The number of hydrogen-bond acceptors (Lipinski definition) is 4. The van der Waals surface area contributed by atoms with Gasteiger partial charge in [-0.05, 0) is 63.9 Å². The maximum atomic E-state index is 12.2. The van der Waals surface area contributed by atoms with Gasteiger partial charge in [-0.15, -0.1) is 0 Å². The summed E-state index contributed by atoms with van der Waals surface area (Å²) < 4.78 is 0. The number of anilines is 1. The summed E-state index contributed by atoms with van der Waals surface area (Å²) >= 11 is 0. The van der Waals surface area contributed by atoms with Crippen LogP contribution in [-0.4, -0.2) is 61.0 Å². The van der Waals surface area contributed by atoms with Crippen LogP contribution < -0.4 is 11.1 Å². The molecular formula is C20H32N4O. The van der Waals surface area contributed by atoms with Gasteiger partial charge in [-0.1, -0.05) is 18.2 Å². The van der Waals surface area contributed by atoms with Crippen molar-refractivity contribution in [2.45, 2.75) is 50.6 Å². The molecule has 3 rings (SSSR count). The molecule has 2 fully saturated rings. The van der Waals surface area contributed by atoms with Gasteiger partial charge in [0, 0.05) is 37.3 Å². The largest absolute Gasteiger partial charge is 0.399 e. The highest BCUT2D eigenvalue weighted by molar-refractivity contribution is 5.76. The summed E-state index contributed by atoms with van der Waals surface area (Å²) in [6, 6.07) is 8.88. The Morgan fingerprint density at radius 2 is 1.80 bits per heavy atom. The van der Waals surface area contributed by atoms with E-state index in [9.17, 15) is 4.79 Å². The summed E-state index contributed by atoms with van der Waals surface area (Å²) in [5.74, 6) is 0.154. The van der Waals surface area contributed by atoms with Crippen LogP contribution in [0.15, 0.2) is 24.3 Å². The monoisotopic (exact) mass is 344 g/mol. The molecular weight excluding hydrogens is 312 g/mol. The number of rotatable bonds is 5. The van der Waals surface area contributed by atoms with Crippen LogP contribution in [-0.2, 0) is 11.2 Å². The second-order valence-electron chi connectivity index (χ2n) is 7.61. The van der Waals surface area contributed by atoms with Gasteiger partial charge in [0.05, 0.1) is 0 Å². The predicted octanol–water partition coefficient (Wildman–Crippen LogP) is 1.88. The molecule has 2 saturated heterocycles. The standard InChI is InChI=1S/C20H32N4O/c1-23-12-10-18(11-13-23)24-14-8-17(9-15-24)22-20(25)7-6-16-4-2-3-5-19(16)21/h2-5,17-18H,6-15,21H2,1H3,(H,22,25). The minimum Gasteiger partial charge on any atom is -0.399 e. The van der Waals surface area contributed by atoms with E-state index in [1.165, 1.54) is 25.9 Å². The number of likely N-dealkylation sites (tertiary alicyclic amines) is 2. The highest BCUT2D eigenvalue weighted by atomic mass is 16.1. The fourth-order valence-corrected chi connectivity index (χ4v) is 4.08. The van der Waals surface area contributed by atoms with Crippen LogP contribution in [0.3, 0.4) is 0 Å². The number of nitrogens with zero attached hydrogens (tertiary/aromatic N) is 2. The minimum atomic E-state index is 0.154. The van der Waals surface area contributed by atoms with Crippen molar-refractivity contribution >= 4 is 11.6 Å². The van der Waals surface area contributed by atoms with E-state index in [1.807, 2.05) is 24.3 Å². The quantitative estimate of drug-likeness (QED) is 0.801. The zero-order valence-electron chi connectivity index (χ0n) is 15.4. The van der Waals surface area contributed by atoms with Crippen LogP contribution in [0, 0.1) is 0 Å². The lowest BCUT2D eigenvalue weighted by Gasteiger charge is -2.41. The van der Waals surface area contributed by atoms with Gasteiger partial charge in [-0.3, -0.25) is 4.79 Å². The second-order valence-corrected chi connectivity index (χ2v) is 7.61. The van der Waals surface area contributed by atoms with Crippen molar-refractivity contribution in [2.24, 2.45) is 0 Å². The van der Waals surface area contributed by atoms with Crippen molar-refractivity contribution in [3.8, 4) is 0 Å². The number of nitrogen functional groups attached to an aromatic ring is 1. The zero-order chi connectivity index (χ0) is 17.6. The van der Waals surface area contributed by atoms with Crippen LogP contribution in [0.1, 0.15) is 37.7 Å². The summed E-state index contributed by atoms with van der Waals surface area (Å²) in [6.45, 7) is 4.66. The summed E-state index contributed by atoms with van der Waals surface area (Å²) in [6.07, 6.45) is 5.95. The molecule has 2 aliphatic rings. The number of aryl methyl sites for hydroxylation is 1. The molecule has 0 saturated carbocycles. The highest BCUT2D eigenvalue weighted by Crippen LogP contribution is 2.20. The van der Waals surface area contributed by atoms with Gasteiger partial charge in [0.1, 0.15) is 0 Å². The third kappa shape index (κ3) is 5.19. The molecule has 1 aromatic carbocycles. The molecule has 5 heteroatoms. The SMILES string of the molecule is CN1CCC(N2CCC(NC(=O)CCc3ccccc3N)CC2)CC1. The summed E-state index contributed by atoms with van der Waals surface area (Å²) in [7, 11) is 2.21. The molecule has 1 aromatic rings. The van der Waals surface area contributed by atoms with Crippen molar-refractivity contribution in [3.05, 3.63) is 29.8 Å². The predicted molar refractivity (Wildman–Crippen MR) is 102 cm³/mol. The third-order valence-corrected chi connectivity index (χ3v) is 5.78. The molecule has 5 nitrogen and oxygen atoms in total. The smallest absolute Gasteiger partial charge is 0.220 e. The van der Waals surface area contributed by atoms with Gasteiger partial charge in [-0.25, -0.2) is 0 Å². The number of carbonyl (C=O) groups excluding carboxylic acids is 1. The topological polar surface area (TPSA) is 61.6 Å². The summed E-state index contributed by atoms with van der Waals surface area (Å²) in [5.41, 5.74) is 7.79. The Kier molecular flexibility index (Phi) is 6.32. The Balaban J connectivity index is 1.37. The number of para-hydroxylation sites is 1. The van der Waals surface area contributed by atoms with E-state index >= 15 is 0 Å². The molecule has 0 radical (unpaired) electrons. The first-order chi connectivity index (χ1) is 12.1.